The maximum atomic E-state index is 10.3. The van der Waals surface area contributed by atoms with E-state index in [1.165, 1.54) is 0 Å². The van der Waals surface area contributed by atoms with Gasteiger partial charge in [0.25, 0.3) is 0 Å². The van der Waals surface area contributed by atoms with Crippen LogP contribution >= 0.6 is 0 Å². The minimum absolute atomic E-state index is 0.0354. The van der Waals surface area contributed by atoms with Gasteiger partial charge in [0.1, 0.15) is 5.75 Å². The molecule has 1 aromatic carbocycles. The van der Waals surface area contributed by atoms with E-state index in [1.54, 1.807) is 6.08 Å². The summed E-state index contributed by atoms with van der Waals surface area (Å²) < 4.78 is 5.71. The number of hydrogen-bond acceptors (Lipinski definition) is 2. The molecule has 0 heterocycles. The van der Waals surface area contributed by atoms with Crippen LogP contribution in [0.4, 0.5) is 0 Å². The van der Waals surface area contributed by atoms with Crippen LogP contribution < -0.4 is 4.74 Å². The molecule has 0 spiro atoms. The summed E-state index contributed by atoms with van der Waals surface area (Å²) in [6.45, 7) is 5.97. The van der Waals surface area contributed by atoms with Crippen LogP contribution in [0.25, 0.3) is 0 Å². The Morgan fingerprint density at radius 3 is 2.47 bits per heavy atom. The number of carboxylic acids is 1. The Morgan fingerprint density at radius 1 is 1.35 bits per heavy atom. The lowest BCUT2D eigenvalue weighted by Gasteiger charge is -2.13. The Kier molecular flexibility index (Phi) is 4.76. The van der Waals surface area contributed by atoms with E-state index in [4.69, 9.17) is 9.84 Å². The van der Waals surface area contributed by atoms with Gasteiger partial charge in [-0.25, -0.2) is 4.79 Å². The van der Waals surface area contributed by atoms with Gasteiger partial charge in [-0.1, -0.05) is 12.1 Å². The van der Waals surface area contributed by atoms with E-state index in [0.29, 0.717) is 6.42 Å². The Morgan fingerprint density at radius 2 is 1.94 bits per heavy atom. The van der Waals surface area contributed by atoms with Crippen LogP contribution in [0.2, 0.25) is 0 Å². The van der Waals surface area contributed by atoms with Crippen molar-refractivity contribution in [2.45, 2.75) is 33.3 Å². The number of aryl methyl sites for hydroxylation is 2. The molecule has 0 aliphatic rings. The molecule has 0 aliphatic carbocycles. The highest BCUT2D eigenvalue weighted by Crippen LogP contribution is 2.18. The van der Waals surface area contributed by atoms with Gasteiger partial charge in [-0.3, -0.25) is 0 Å². The van der Waals surface area contributed by atoms with Crippen LogP contribution in [0.15, 0.2) is 30.4 Å². The summed E-state index contributed by atoms with van der Waals surface area (Å²) in [6.07, 6.45) is 3.29. The molecular formula is C14H18O3. The van der Waals surface area contributed by atoms with Crippen LogP contribution in [-0.4, -0.2) is 17.2 Å². The molecule has 0 aliphatic heterocycles. The molecule has 0 radical (unpaired) electrons. The molecule has 1 N–H and O–H groups in total. The van der Waals surface area contributed by atoms with E-state index in [1.807, 2.05) is 32.9 Å². The minimum atomic E-state index is -0.927. The normalized spacial score (nSPS) is 12.6. The van der Waals surface area contributed by atoms with Gasteiger partial charge >= 0.3 is 5.97 Å². The molecule has 0 bridgehead atoms. The summed E-state index contributed by atoms with van der Waals surface area (Å²) in [4.78, 5) is 10.3. The molecule has 0 amide bonds. The lowest BCUT2D eigenvalue weighted by Crippen LogP contribution is -2.10. The Hall–Kier alpha value is -1.77. The maximum Gasteiger partial charge on any atom is 0.327 e. The Bertz CT molecular complexity index is 401. The fourth-order valence-electron chi connectivity index (χ4n) is 1.64. The SMILES string of the molecule is Cc1cc(C)cc(OC(C)C/C=C/C(=O)O)c1. The van der Waals surface area contributed by atoms with E-state index in [-0.39, 0.29) is 6.10 Å². The molecule has 3 heteroatoms. The highest BCUT2D eigenvalue weighted by molar-refractivity contribution is 5.79. The fourth-order valence-corrected chi connectivity index (χ4v) is 1.64. The summed E-state index contributed by atoms with van der Waals surface area (Å²) in [6, 6.07) is 6.04. The van der Waals surface area contributed by atoms with Crippen LogP contribution in [0.5, 0.6) is 5.75 Å². The van der Waals surface area contributed by atoms with Gasteiger partial charge in [0.15, 0.2) is 0 Å². The van der Waals surface area contributed by atoms with Gasteiger partial charge in [-0.15, -0.1) is 0 Å². The van der Waals surface area contributed by atoms with Crippen molar-refractivity contribution in [3.8, 4) is 5.75 Å². The van der Waals surface area contributed by atoms with Crippen LogP contribution in [0.1, 0.15) is 24.5 Å². The molecular weight excluding hydrogens is 216 g/mol. The number of carboxylic acid groups (broad SMARTS) is 1. The molecule has 1 rings (SSSR count). The predicted octanol–water partition coefficient (Wildman–Crippen LogP) is 3.10. The molecule has 1 atom stereocenters. The van der Waals surface area contributed by atoms with E-state index < -0.39 is 5.97 Å². The number of carbonyl (C=O) groups is 1. The average Bonchev–Trinajstić information content (AvgIpc) is 2.14. The largest absolute Gasteiger partial charge is 0.490 e. The number of ether oxygens (including phenoxy) is 1. The molecule has 0 fully saturated rings. The Balaban J connectivity index is 2.55. The summed E-state index contributed by atoms with van der Waals surface area (Å²) in [5.41, 5.74) is 2.32. The third-order valence-electron chi connectivity index (χ3n) is 2.26. The minimum Gasteiger partial charge on any atom is -0.490 e. The van der Waals surface area contributed by atoms with Crippen molar-refractivity contribution < 1.29 is 14.6 Å². The maximum absolute atomic E-state index is 10.3. The highest BCUT2D eigenvalue weighted by atomic mass is 16.5. The zero-order valence-electron chi connectivity index (χ0n) is 10.4. The van der Waals surface area contributed by atoms with Crippen molar-refractivity contribution in [2.24, 2.45) is 0 Å². The molecule has 0 aromatic heterocycles. The molecule has 0 saturated heterocycles. The lowest BCUT2D eigenvalue weighted by molar-refractivity contribution is -0.131. The molecule has 92 valence electrons. The molecule has 1 aromatic rings. The number of benzene rings is 1. The van der Waals surface area contributed by atoms with Gasteiger partial charge in [-0.05, 0) is 44.0 Å². The first-order valence-corrected chi connectivity index (χ1v) is 5.62. The zero-order chi connectivity index (χ0) is 12.8. The van der Waals surface area contributed by atoms with Crippen molar-refractivity contribution in [1.29, 1.82) is 0 Å². The van der Waals surface area contributed by atoms with Gasteiger partial charge in [0.05, 0.1) is 6.10 Å². The second-order valence-corrected chi connectivity index (χ2v) is 4.23. The summed E-state index contributed by atoms with van der Waals surface area (Å²) in [5, 5.41) is 8.46. The second kappa shape index (κ2) is 6.09. The van der Waals surface area contributed by atoms with E-state index >= 15 is 0 Å². The predicted molar refractivity (Wildman–Crippen MR) is 67.4 cm³/mol. The van der Waals surface area contributed by atoms with Gasteiger partial charge < -0.3 is 9.84 Å². The molecule has 0 saturated carbocycles. The third kappa shape index (κ3) is 5.20. The van der Waals surface area contributed by atoms with Crippen molar-refractivity contribution in [3.05, 3.63) is 41.5 Å². The van der Waals surface area contributed by atoms with Crippen molar-refractivity contribution in [2.75, 3.05) is 0 Å². The average molecular weight is 234 g/mol. The summed E-state index contributed by atoms with van der Waals surface area (Å²) >= 11 is 0. The lowest BCUT2D eigenvalue weighted by atomic mass is 10.1. The zero-order valence-corrected chi connectivity index (χ0v) is 10.4. The second-order valence-electron chi connectivity index (χ2n) is 4.23. The number of rotatable bonds is 5. The first-order valence-electron chi connectivity index (χ1n) is 5.62. The highest BCUT2D eigenvalue weighted by Gasteiger charge is 2.03. The van der Waals surface area contributed by atoms with E-state index in [2.05, 4.69) is 6.07 Å². The van der Waals surface area contributed by atoms with Crippen molar-refractivity contribution >= 4 is 5.97 Å². The molecule has 17 heavy (non-hydrogen) atoms. The van der Waals surface area contributed by atoms with Crippen LogP contribution in [0.3, 0.4) is 0 Å². The third-order valence-corrected chi connectivity index (χ3v) is 2.26. The Labute approximate surface area is 102 Å². The summed E-state index contributed by atoms with van der Waals surface area (Å²) in [5.74, 6) is -0.0951. The smallest absolute Gasteiger partial charge is 0.327 e. The van der Waals surface area contributed by atoms with Crippen LogP contribution in [-0.2, 0) is 4.79 Å². The van der Waals surface area contributed by atoms with Crippen LogP contribution in [0, 0.1) is 13.8 Å². The first kappa shape index (κ1) is 13.3. The monoisotopic (exact) mass is 234 g/mol. The first-order chi connectivity index (χ1) is 7.97. The van der Waals surface area contributed by atoms with Crippen molar-refractivity contribution in [3.63, 3.8) is 0 Å². The van der Waals surface area contributed by atoms with E-state index in [0.717, 1.165) is 23.0 Å². The molecule has 1 unspecified atom stereocenters. The standard InChI is InChI=1S/C14H18O3/c1-10-7-11(2)9-13(8-10)17-12(3)5-4-6-14(15)16/h4,6-9,12H,5H2,1-3H3,(H,15,16)/b6-4+. The van der Waals surface area contributed by atoms with Gasteiger partial charge in [0, 0.05) is 12.5 Å². The summed E-state index contributed by atoms with van der Waals surface area (Å²) in [7, 11) is 0. The van der Waals surface area contributed by atoms with Crippen molar-refractivity contribution in [1.82, 2.24) is 0 Å². The van der Waals surface area contributed by atoms with Gasteiger partial charge in [0.2, 0.25) is 0 Å². The molecule has 3 nitrogen and oxygen atoms in total. The van der Waals surface area contributed by atoms with Gasteiger partial charge in [-0.2, -0.15) is 0 Å². The number of hydrogen-bond donors (Lipinski definition) is 1. The van der Waals surface area contributed by atoms with E-state index in [9.17, 15) is 4.79 Å². The fraction of sp³-hybridized carbons (Fsp3) is 0.357. The quantitative estimate of drug-likeness (QED) is 0.796. The topological polar surface area (TPSA) is 46.5 Å². The number of aliphatic carboxylic acids is 1.